The van der Waals surface area contributed by atoms with Crippen molar-refractivity contribution in [1.82, 2.24) is 15.1 Å². The van der Waals surface area contributed by atoms with Gasteiger partial charge < -0.3 is 20.0 Å². The van der Waals surface area contributed by atoms with Crippen molar-refractivity contribution in [2.45, 2.75) is 19.8 Å². The average Bonchev–Trinajstić information content (AvgIpc) is 3.26. The topological polar surface area (TPSA) is 64.6 Å². The van der Waals surface area contributed by atoms with Crippen LogP contribution in [0, 0.1) is 12.7 Å². The van der Waals surface area contributed by atoms with E-state index in [4.69, 9.17) is 0 Å². The molecule has 1 aromatic heterocycles. The van der Waals surface area contributed by atoms with E-state index in [2.05, 4.69) is 25.3 Å². The van der Waals surface area contributed by atoms with Gasteiger partial charge in [-0.25, -0.2) is 9.18 Å². The Labute approximate surface area is 164 Å². The molecule has 7 nitrogen and oxygen atoms in total. The highest BCUT2D eigenvalue weighted by Crippen LogP contribution is 2.20. The predicted molar refractivity (Wildman–Crippen MR) is 107 cm³/mol. The van der Waals surface area contributed by atoms with Crippen LogP contribution in [0.3, 0.4) is 0 Å². The summed E-state index contributed by atoms with van der Waals surface area (Å²) in [5.41, 5.74) is 1.03. The van der Waals surface area contributed by atoms with Gasteiger partial charge in [-0.3, -0.25) is 0 Å². The van der Waals surface area contributed by atoms with E-state index in [0.717, 1.165) is 24.7 Å². The molecular weight excluding hydrogens is 359 g/mol. The van der Waals surface area contributed by atoms with Gasteiger partial charge in [-0.2, -0.15) is 0 Å². The molecule has 0 spiro atoms. The third-order valence-electron chi connectivity index (χ3n) is 5.38. The summed E-state index contributed by atoms with van der Waals surface area (Å²) in [5, 5.41) is 11.5. The minimum Gasteiger partial charge on any atom is -0.355 e. The summed E-state index contributed by atoms with van der Waals surface area (Å²) in [6.07, 6.45) is 2.42. The summed E-state index contributed by atoms with van der Waals surface area (Å²) in [6.45, 7) is 6.33. The zero-order valence-electron chi connectivity index (χ0n) is 16.1. The molecule has 28 heavy (non-hydrogen) atoms. The molecule has 8 heteroatoms. The van der Waals surface area contributed by atoms with Gasteiger partial charge in [0.15, 0.2) is 11.6 Å². The number of carbonyl (C=O) groups is 1. The van der Waals surface area contributed by atoms with Crippen molar-refractivity contribution in [3.05, 3.63) is 41.7 Å². The molecule has 2 aromatic rings. The second-order valence-electron chi connectivity index (χ2n) is 7.31. The summed E-state index contributed by atoms with van der Waals surface area (Å²) in [4.78, 5) is 18.6. The number of rotatable bonds is 3. The Morgan fingerprint density at radius 1 is 0.929 bits per heavy atom. The van der Waals surface area contributed by atoms with Crippen molar-refractivity contribution in [3.8, 4) is 0 Å². The number of benzene rings is 1. The van der Waals surface area contributed by atoms with Gasteiger partial charge in [0.1, 0.15) is 5.82 Å². The van der Waals surface area contributed by atoms with Crippen LogP contribution in [0.2, 0.25) is 0 Å². The van der Waals surface area contributed by atoms with Gasteiger partial charge in [0.25, 0.3) is 0 Å². The lowest BCUT2D eigenvalue weighted by atomic mass is 10.2. The largest absolute Gasteiger partial charge is 0.355 e. The maximum absolute atomic E-state index is 13.7. The van der Waals surface area contributed by atoms with Crippen molar-refractivity contribution in [2.24, 2.45) is 0 Å². The van der Waals surface area contributed by atoms with Crippen molar-refractivity contribution in [3.63, 3.8) is 0 Å². The minimum absolute atomic E-state index is 0.210. The molecule has 3 heterocycles. The molecular formula is C20H25FN6O. The lowest BCUT2D eigenvalue weighted by molar-refractivity contribution is 0.208. The van der Waals surface area contributed by atoms with E-state index in [9.17, 15) is 9.18 Å². The second kappa shape index (κ2) is 8.00. The Balaban J connectivity index is 1.31. The molecule has 2 aliphatic rings. The Morgan fingerprint density at radius 2 is 1.54 bits per heavy atom. The fraction of sp³-hybridized carbons (Fsp3) is 0.450. The molecule has 0 saturated carbocycles. The summed E-state index contributed by atoms with van der Waals surface area (Å²) in [7, 11) is 0. The number of aryl methyl sites for hydroxylation is 1. The summed E-state index contributed by atoms with van der Waals surface area (Å²) in [5.74, 6) is 1.45. The number of aromatic nitrogens is 2. The van der Waals surface area contributed by atoms with Gasteiger partial charge in [-0.15, -0.1) is 10.2 Å². The van der Waals surface area contributed by atoms with Crippen LogP contribution >= 0.6 is 0 Å². The van der Waals surface area contributed by atoms with Gasteiger partial charge >= 0.3 is 6.03 Å². The van der Waals surface area contributed by atoms with Crippen LogP contribution < -0.4 is 15.1 Å². The normalized spacial score (nSPS) is 17.1. The van der Waals surface area contributed by atoms with E-state index < -0.39 is 0 Å². The van der Waals surface area contributed by atoms with Gasteiger partial charge in [0.05, 0.1) is 0 Å². The highest BCUT2D eigenvalue weighted by Gasteiger charge is 2.23. The monoisotopic (exact) mass is 384 g/mol. The summed E-state index contributed by atoms with van der Waals surface area (Å²) < 4.78 is 13.7. The summed E-state index contributed by atoms with van der Waals surface area (Å²) in [6, 6.07) is 8.54. The quantitative estimate of drug-likeness (QED) is 0.882. The Kier molecular flexibility index (Phi) is 5.27. The SMILES string of the molecule is Cc1ccc(NC(=O)N2CCN(c3ccc(N4CCCC4)nn3)CC2)cc1F. The fourth-order valence-electron chi connectivity index (χ4n) is 3.61. The molecule has 0 aliphatic carbocycles. The van der Waals surface area contributed by atoms with Gasteiger partial charge in [-0.05, 0) is 49.6 Å². The smallest absolute Gasteiger partial charge is 0.321 e. The van der Waals surface area contributed by atoms with E-state index >= 15 is 0 Å². The number of piperazine rings is 1. The van der Waals surface area contributed by atoms with E-state index in [1.54, 1.807) is 24.0 Å². The number of carbonyl (C=O) groups excluding carboxylic acids is 1. The molecule has 0 atom stereocenters. The Bertz CT molecular complexity index is 829. The van der Waals surface area contributed by atoms with Crippen LogP contribution in [0.4, 0.5) is 26.5 Å². The molecule has 148 valence electrons. The lowest BCUT2D eigenvalue weighted by Crippen LogP contribution is -2.50. The third-order valence-corrected chi connectivity index (χ3v) is 5.38. The number of amides is 2. The van der Waals surface area contributed by atoms with Crippen molar-refractivity contribution in [1.29, 1.82) is 0 Å². The van der Waals surface area contributed by atoms with Crippen LogP contribution in [-0.4, -0.2) is 60.4 Å². The third kappa shape index (κ3) is 4.00. The highest BCUT2D eigenvalue weighted by atomic mass is 19.1. The Morgan fingerprint density at radius 3 is 2.11 bits per heavy atom. The first-order valence-electron chi connectivity index (χ1n) is 9.76. The van der Waals surface area contributed by atoms with Gasteiger partial charge in [0, 0.05) is 45.0 Å². The van der Waals surface area contributed by atoms with E-state index in [1.807, 2.05) is 12.1 Å². The van der Waals surface area contributed by atoms with E-state index in [0.29, 0.717) is 37.4 Å². The number of nitrogens with one attached hydrogen (secondary N) is 1. The molecule has 2 amide bonds. The van der Waals surface area contributed by atoms with E-state index in [1.165, 1.54) is 18.9 Å². The zero-order valence-corrected chi connectivity index (χ0v) is 16.1. The predicted octanol–water partition coefficient (Wildman–Crippen LogP) is 2.88. The first kappa shape index (κ1) is 18.5. The number of hydrogen-bond donors (Lipinski definition) is 1. The second-order valence-corrected chi connectivity index (χ2v) is 7.31. The number of halogens is 1. The van der Waals surface area contributed by atoms with Crippen LogP contribution in [0.5, 0.6) is 0 Å². The van der Waals surface area contributed by atoms with Crippen molar-refractivity contribution >= 4 is 23.4 Å². The molecule has 4 rings (SSSR count). The number of urea groups is 1. The molecule has 2 fully saturated rings. The molecule has 0 unspecified atom stereocenters. The average molecular weight is 384 g/mol. The summed E-state index contributed by atoms with van der Waals surface area (Å²) >= 11 is 0. The zero-order chi connectivity index (χ0) is 19.5. The van der Waals surface area contributed by atoms with Gasteiger partial charge in [-0.1, -0.05) is 6.07 Å². The van der Waals surface area contributed by atoms with Crippen LogP contribution in [-0.2, 0) is 0 Å². The highest BCUT2D eigenvalue weighted by molar-refractivity contribution is 5.89. The van der Waals surface area contributed by atoms with Crippen LogP contribution in [0.15, 0.2) is 30.3 Å². The van der Waals surface area contributed by atoms with Gasteiger partial charge in [0.2, 0.25) is 0 Å². The molecule has 1 N–H and O–H groups in total. The molecule has 0 bridgehead atoms. The van der Waals surface area contributed by atoms with E-state index in [-0.39, 0.29) is 11.8 Å². The number of nitrogens with zero attached hydrogens (tertiary/aromatic N) is 5. The first-order valence-corrected chi connectivity index (χ1v) is 9.76. The molecule has 1 aromatic carbocycles. The Hall–Kier alpha value is -2.90. The fourth-order valence-corrected chi connectivity index (χ4v) is 3.61. The standard InChI is InChI=1S/C20H25FN6O/c1-15-4-5-16(14-17(15)21)22-20(28)27-12-10-26(11-13-27)19-7-6-18(23-24-19)25-8-2-3-9-25/h4-7,14H,2-3,8-13H2,1H3,(H,22,28). The minimum atomic E-state index is -0.321. The number of hydrogen-bond acceptors (Lipinski definition) is 5. The first-order chi connectivity index (χ1) is 13.6. The molecule has 0 radical (unpaired) electrons. The van der Waals surface area contributed by atoms with Crippen molar-refractivity contribution < 1.29 is 9.18 Å². The maximum Gasteiger partial charge on any atom is 0.321 e. The molecule has 2 aliphatic heterocycles. The van der Waals surface area contributed by atoms with Crippen LogP contribution in [0.1, 0.15) is 18.4 Å². The molecule has 2 saturated heterocycles. The van der Waals surface area contributed by atoms with Crippen LogP contribution in [0.25, 0.3) is 0 Å². The van der Waals surface area contributed by atoms with Crippen molar-refractivity contribution in [2.75, 3.05) is 54.4 Å². The lowest BCUT2D eigenvalue weighted by Gasteiger charge is -2.35. The maximum atomic E-state index is 13.7. The number of anilines is 3.